The van der Waals surface area contributed by atoms with Crippen molar-refractivity contribution >= 4 is 33.2 Å². The van der Waals surface area contributed by atoms with E-state index in [0.29, 0.717) is 17.5 Å². The number of aromatic nitrogens is 2. The summed E-state index contributed by atoms with van der Waals surface area (Å²) in [6, 6.07) is 5.18. The Hall–Kier alpha value is -2.24. The van der Waals surface area contributed by atoms with Crippen molar-refractivity contribution < 1.29 is 13.3 Å². The van der Waals surface area contributed by atoms with Gasteiger partial charge in [0.25, 0.3) is 5.69 Å². The van der Waals surface area contributed by atoms with Crippen molar-refractivity contribution in [3.8, 4) is 0 Å². The number of nitrogens with one attached hydrogen (secondary N) is 1. The highest BCUT2D eigenvalue weighted by molar-refractivity contribution is 7.99. The highest BCUT2D eigenvalue weighted by atomic mass is 32.2. The van der Waals surface area contributed by atoms with Crippen LogP contribution in [0.1, 0.15) is 0 Å². The molecular formula is C12H13N5O4S2. The first-order valence-corrected chi connectivity index (χ1v) is 8.86. The second-order valence-corrected chi connectivity index (χ2v) is 6.91. The van der Waals surface area contributed by atoms with Crippen molar-refractivity contribution in [1.29, 1.82) is 0 Å². The summed E-state index contributed by atoms with van der Waals surface area (Å²) in [5.74, 6) is 0.581. The van der Waals surface area contributed by atoms with Gasteiger partial charge < -0.3 is 5.32 Å². The van der Waals surface area contributed by atoms with E-state index in [-0.39, 0.29) is 16.3 Å². The Balaban J connectivity index is 2.03. The van der Waals surface area contributed by atoms with Crippen LogP contribution in [0.25, 0.3) is 0 Å². The van der Waals surface area contributed by atoms with E-state index in [2.05, 4.69) is 15.3 Å². The van der Waals surface area contributed by atoms with E-state index < -0.39 is 14.9 Å². The third-order valence-electron chi connectivity index (χ3n) is 2.69. The van der Waals surface area contributed by atoms with Gasteiger partial charge in [-0.05, 0) is 18.2 Å². The summed E-state index contributed by atoms with van der Waals surface area (Å²) in [5, 5.41) is 19.5. The first kappa shape index (κ1) is 17.1. The van der Waals surface area contributed by atoms with Gasteiger partial charge in [-0.2, -0.15) is 0 Å². The number of sulfonamides is 1. The summed E-state index contributed by atoms with van der Waals surface area (Å²) < 4.78 is 22.5. The van der Waals surface area contributed by atoms with E-state index in [1.165, 1.54) is 23.9 Å². The molecule has 122 valence electrons. The van der Waals surface area contributed by atoms with Crippen molar-refractivity contribution in [3.05, 3.63) is 46.8 Å². The minimum absolute atomic E-state index is 0.219. The molecule has 11 heteroatoms. The zero-order chi connectivity index (χ0) is 16.9. The molecule has 0 fully saturated rings. The average Bonchev–Trinajstić information content (AvgIpc) is 2.51. The molecule has 9 nitrogen and oxygen atoms in total. The Morgan fingerprint density at radius 3 is 2.61 bits per heavy atom. The molecule has 0 radical (unpaired) electrons. The van der Waals surface area contributed by atoms with Crippen LogP contribution in [-0.2, 0) is 10.0 Å². The normalized spacial score (nSPS) is 11.2. The van der Waals surface area contributed by atoms with Crippen LogP contribution in [0.4, 0.5) is 11.4 Å². The highest BCUT2D eigenvalue weighted by Crippen LogP contribution is 2.27. The predicted octanol–water partition coefficient (Wildman–Crippen LogP) is 1.24. The van der Waals surface area contributed by atoms with Crippen molar-refractivity contribution in [1.82, 2.24) is 9.97 Å². The van der Waals surface area contributed by atoms with Crippen LogP contribution in [0.3, 0.4) is 0 Å². The molecule has 23 heavy (non-hydrogen) atoms. The third kappa shape index (κ3) is 4.87. The van der Waals surface area contributed by atoms with Crippen LogP contribution >= 0.6 is 11.8 Å². The number of nitrogens with zero attached hydrogens (tertiary/aromatic N) is 3. The number of nitrogens with two attached hydrogens (primary N) is 1. The minimum atomic E-state index is -3.99. The lowest BCUT2D eigenvalue weighted by atomic mass is 10.2. The number of primary sulfonamides is 1. The smallest absolute Gasteiger partial charge is 0.293 e. The highest BCUT2D eigenvalue weighted by Gasteiger charge is 2.18. The number of hydrogen-bond acceptors (Lipinski definition) is 8. The lowest BCUT2D eigenvalue weighted by Gasteiger charge is -2.07. The van der Waals surface area contributed by atoms with Crippen LogP contribution in [0, 0.1) is 10.1 Å². The van der Waals surface area contributed by atoms with E-state index in [1.54, 1.807) is 18.5 Å². The van der Waals surface area contributed by atoms with Crippen LogP contribution in [0.15, 0.2) is 46.7 Å². The van der Waals surface area contributed by atoms with Gasteiger partial charge >= 0.3 is 0 Å². The summed E-state index contributed by atoms with van der Waals surface area (Å²) in [7, 11) is -3.99. The third-order valence-corrected chi connectivity index (χ3v) is 4.47. The molecule has 1 aromatic carbocycles. The maximum absolute atomic E-state index is 11.3. The Bertz CT molecular complexity index is 798. The fraction of sp³-hybridized carbons (Fsp3) is 0.167. The second kappa shape index (κ2) is 7.35. The molecule has 0 spiro atoms. The predicted molar refractivity (Wildman–Crippen MR) is 85.7 cm³/mol. The van der Waals surface area contributed by atoms with Gasteiger partial charge in [0.05, 0.1) is 9.82 Å². The zero-order valence-electron chi connectivity index (χ0n) is 11.7. The first-order valence-electron chi connectivity index (χ1n) is 6.33. The number of thioether (sulfide) groups is 1. The number of benzene rings is 1. The molecule has 0 saturated heterocycles. The van der Waals surface area contributed by atoms with Gasteiger partial charge in [0.2, 0.25) is 10.0 Å². The molecular weight excluding hydrogens is 342 g/mol. The van der Waals surface area contributed by atoms with Gasteiger partial charge in [0.15, 0.2) is 5.16 Å². The fourth-order valence-corrected chi connectivity index (χ4v) is 2.87. The first-order chi connectivity index (χ1) is 10.9. The van der Waals surface area contributed by atoms with Crippen LogP contribution in [0.2, 0.25) is 0 Å². The number of anilines is 1. The molecule has 0 bridgehead atoms. The van der Waals surface area contributed by atoms with Crippen LogP contribution < -0.4 is 10.5 Å². The number of nitro benzene ring substituents is 1. The standard InChI is InChI=1S/C12H13N5O4S2/c13-23(20,21)9-2-3-10(11(8-9)17(18)19)14-6-7-22-12-15-4-1-5-16-12/h1-5,8,14H,6-7H2,(H2,13,20,21). The van der Waals surface area contributed by atoms with E-state index >= 15 is 0 Å². The van der Waals surface area contributed by atoms with Gasteiger partial charge in [-0.1, -0.05) is 11.8 Å². The van der Waals surface area contributed by atoms with Gasteiger partial charge in [0.1, 0.15) is 5.69 Å². The molecule has 0 aliphatic heterocycles. The lowest BCUT2D eigenvalue weighted by Crippen LogP contribution is -2.13. The minimum Gasteiger partial charge on any atom is -0.379 e. The summed E-state index contributed by atoms with van der Waals surface area (Å²) in [5.41, 5.74) is -0.130. The molecule has 0 aliphatic carbocycles. The fourth-order valence-electron chi connectivity index (χ4n) is 1.68. The van der Waals surface area contributed by atoms with Crippen molar-refractivity contribution in [2.24, 2.45) is 5.14 Å². The van der Waals surface area contributed by atoms with Crippen LogP contribution in [0.5, 0.6) is 0 Å². The average molecular weight is 355 g/mol. The largest absolute Gasteiger partial charge is 0.379 e. The topological polar surface area (TPSA) is 141 Å². The molecule has 0 amide bonds. The second-order valence-electron chi connectivity index (χ2n) is 4.29. The molecule has 1 aromatic heterocycles. The number of rotatable bonds is 7. The maximum atomic E-state index is 11.3. The molecule has 2 rings (SSSR count). The summed E-state index contributed by atoms with van der Waals surface area (Å²) in [4.78, 5) is 18.2. The van der Waals surface area contributed by atoms with Crippen molar-refractivity contribution in [2.75, 3.05) is 17.6 Å². The van der Waals surface area contributed by atoms with E-state index in [4.69, 9.17) is 5.14 Å². The Morgan fingerprint density at radius 1 is 1.30 bits per heavy atom. The molecule has 0 atom stereocenters. The van der Waals surface area contributed by atoms with Gasteiger partial charge in [-0.3, -0.25) is 10.1 Å². The SMILES string of the molecule is NS(=O)(=O)c1ccc(NCCSc2ncccn2)c([N+](=O)[O-])c1. The van der Waals surface area contributed by atoms with Crippen molar-refractivity contribution in [3.63, 3.8) is 0 Å². The number of nitro groups is 1. The molecule has 2 aromatic rings. The zero-order valence-corrected chi connectivity index (χ0v) is 13.4. The Kier molecular flexibility index (Phi) is 5.47. The van der Waals surface area contributed by atoms with E-state index in [0.717, 1.165) is 6.07 Å². The summed E-state index contributed by atoms with van der Waals surface area (Å²) in [6.07, 6.45) is 3.25. The molecule has 0 unspecified atom stereocenters. The van der Waals surface area contributed by atoms with Crippen molar-refractivity contribution in [2.45, 2.75) is 10.1 Å². The lowest BCUT2D eigenvalue weighted by molar-refractivity contribution is -0.384. The van der Waals surface area contributed by atoms with E-state index in [9.17, 15) is 18.5 Å². The summed E-state index contributed by atoms with van der Waals surface area (Å²) >= 11 is 1.39. The van der Waals surface area contributed by atoms with Gasteiger partial charge in [-0.15, -0.1) is 0 Å². The molecule has 1 heterocycles. The molecule has 3 N–H and O–H groups in total. The Morgan fingerprint density at radius 2 is 2.00 bits per heavy atom. The Labute approximate surface area is 136 Å². The quantitative estimate of drug-likeness (QED) is 0.248. The van der Waals surface area contributed by atoms with Gasteiger partial charge in [-0.25, -0.2) is 23.5 Å². The number of hydrogen-bond donors (Lipinski definition) is 2. The maximum Gasteiger partial charge on any atom is 0.293 e. The van der Waals surface area contributed by atoms with E-state index in [1.807, 2.05) is 0 Å². The molecule has 0 aliphatic rings. The van der Waals surface area contributed by atoms with Crippen LogP contribution in [-0.4, -0.2) is 35.6 Å². The summed E-state index contributed by atoms with van der Waals surface area (Å²) in [6.45, 7) is 0.415. The molecule has 0 saturated carbocycles. The van der Waals surface area contributed by atoms with Gasteiger partial charge in [0, 0.05) is 30.8 Å². The monoisotopic (exact) mass is 355 g/mol.